The van der Waals surface area contributed by atoms with Crippen molar-refractivity contribution < 1.29 is 9.59 Å². The molecule has 126 valence electrons. The topological polar surface area (TPSA) is 71.1 Å². The molecule has 1 aromatic heterocycles. The van der Waals surface area contributed by atoms with E-state index in [1.165, 1.54) is 0 Å². The van der Waals surface area contributed by atoms with Crippen LogP contribution in [0.4, 0.5) is 5.69 Å². The summed E-state index contributed by atoms with van der Waals surface area (Å²) < 4.78 is 0. The van der Waals surface area contributed by atoms with E-state index in [0.717, 1.165) is 10.9 Å². The van der Waals surface area contributed by atoms with Gasteiger partial charge in [0.2, 0.25) is 5.91 Å². The lowest BCUT2D eigenvalue weighted by molar-refractivity contribution is -0.116. The van der Waals surface area contributed by atoms with Gasteiger partial charge < -0.3 is 10.6 Å². The third-order valence-corrected chi connectivity index (χ3v) is 3.81. The van der Waals surface area contributed by atoms with Gasteiger partial charge in [-0.25, -0.2) is 0 Å². The van der Waals surface area contributed by atoms with Crippen molar-refractivity contribution in [3.05, 3.63) is 72.4 Å². The molecule has 0 saturated heterocycles. The number of anilines is 1. The fraction of sp³-hybridized carbons (Fsp3) is 0.150. The maximum atomic E-state index is 12.3. The number of nitrogens with one attached hydrogen (secondary N) is 2. The summed E-state index contributed by atoms with van der Waals surface area (Å²) in [6.07, 6.45) is 1.88. The van der Waals surface area contributed by atoms with Gasteiger partial charge in [0.1, 0.15) is 0 Å². The second-order valence-electron chi connectivity index (χ2n) is 5.87. The largest absolute Gasteiger partial charge is 0.349 e. The number of amides is 2. The maximum absolute atomic E-state index is 12.3. The Hall–Kier alpha value is -3.21. The van der Waals surface area contributed by atoms with Crippen LogP contribution in [0.5, 0.6) is 0 Å². The minimum atomic E-state index is -0.282. The van der Waals surface area contributed by atoms with Crippen molar-refractivity contribution in [3.63, 3.8) is 0 Å². The molecule has 1 unspecified atom stereocenters. The quantitative estimate of drug-likeness (QED) is 0.752. The lowest BCUT2D eigenvalue weighted by atomic mass is 10.1. The molecule has 5 nitrogen and oxygen atoms in total. The van der Waals surface area contributed by atoms with E-state index in [9.17, 15) is 9.59 Å². The summed E-state index contributed by atoms with van der Waals surface area (Å²) in [5, 5.41) is 6.67. The molecule has 3 aromatic rings. The van der Waals surface area contributed by atoms with Crippen molar-refractivity contribution in [3.8, 4) is 0 Å². The first kappa shape index (κ1) is 16.6. The molecule has 0 aliphatic heterocycles. The molecule has 0 spiro atoms. The van der Waals surface area contributed by atoms with E-state index in [4.69, 9.17) is 0 Å². The highest BCUT2D eigenvalue weighted by Crippen LogP contribution is 2.20. The zero-order valence-electron chi connectivity index (χ0n) is 13.9. The first-order valence-corrected chi connectivity index (χ1v) is 8.13. The molecule has 1 atom stereocenters. The molecule has 2 aromatic carbocycles. The first-order chi connectivity index (χ1) is 12.1. The number of rotatable bonds is 5. The minimum absolute atomic E-state index is 0.168. The number of fused-ring (bicyclic) bond motifs is 1. The van der Waals surface area contributed by atoms with E-state index in [1.54, 1.807) is 30.5 Å². The Morgan fingerprint density at radius 3 is 2.56 bits per heavy atom. The van der Waals surface area contributed by atoms with Crippen molar-refractivity contribution in [2.75, 3.05) is 5.32 Å². The van der Waals surface area contributed by atoms with Gasteiger partial charge in [-0.3, -0.25) is 14.6 Å². The highest BCUT2D eigenvalue weighted by Gasteiger charge is 2.14. The molecule has 0 fully saturated rings. The first-order valence-electron chi connectivity index (χ1n) is 8.13. The summed E-state index contributed by atoms with van der Waals surface area (Å²) in [7, 11) is 0. The van der Waals surface area contributed by atoms with Gasteiger partial charge in [0.15, 0.2) is 0 Å². The standard InChI is InChI=1S/C20H19N3O2/c1-14(22-20(25)16-7-3-2-4-8-16)13-18(24)23-17-11-5-9-15-10-6-12-21-19(15)17/h2-12,14H,13H2,1H3,(H,22,25)(H,23,24). The average Bonchev–Trinajstić information content (AvgIpc) is 2.62. The smallest absolute Gasteiger partial charge is 0.251 e. The van der Waals surface area contributed by atoms with E-state index in [-0.39, 0.29) is 24.3 Å². The van der Waals surface area contributed by atoms with Crippen LogP contribution in [0.2, 0.25) is 0 Å². The number of para-hydroxylation sites is 1. The Labute approximate surface area is 146 Å². The zero-order chi connectivity index (χ0) is 17.6. The van der Waals surface area contributed by atoms with Gasteiger partial charge in [0.25, 0.3) is 5.91 Å². The highest BCUT2D eigenvalue weighted by molar-refractivity contribution is 6.00. The Kier molecular flexibility index (Phi) is 5.04. The predicted molar refractivity (Wildman–Crippen MR) is 98.4 cm³/mol. The Balaban J connectivity index is 1.61. The fourth-order valence-electron chi connectivity index (χ4n) is 2.63. The number of carbonyl (C=O) groups is 2. The van der Waals surface area contributed by atoms with Crippen molar-refractivity contribution >= 4 is 28.4 Å². The van der Waals surface area contributed by atoms with Gasteiger partial charge in [-0.05, 0) is 31.2 Å². The van der Waals surface area contributed by atoms with Crippen LogP contribution in [0.3, 0.4) is 0 Å². The van der Waals surface area contributed by atoms with E-state index >= 15 is 0 Å². The summed E-state index contributed by atoms with van der Waals surface area (Å²) in [6, 6.07) is 18.1. The number of hydrogen-bond acceptors (Lipinski definition) is 3. The number of hydrogen-bond donors (Lipinski definition) is 2. The summed E-state index contributed by atoms with van der Waals surface area (Å²) >= 11 is 0. The van der Waals surface area contributed by atoms with E-state index in [1.807, 2.05) is 43.3 Å². The number of pyridine rings is 1. The molecule has 0 aliphatic rings. The van der Waals surface area contributed by atoms with Crippen LogP contribution >= 0.6 is 0 Å². The van der Waals surface area contributed by atoms with E-state index in [0.29, 0.717) is 11.3 Å². The molecule has 3 rings (SSSR count). The number of aromatic nitrogens is 1. The molecule has 2 amide bonds. The molecular weight excluding hydrogens is 314 g/mol. The normalized spacial score (nSPS) is 11.7. The summed E-state index contributed by atoms with van der Waals surface area (Å²) in [4.78, 5) is 28.7. The third-order valence-electron chi connectivity index (χ3n) is 3.81. The van der Waals surface area contributed by atoms with Crippen LogP contribution in [-0.4, -0.2) is 22.8 Å². The van der Waals surface area contributed by atoms with Crippen molar-refractivity contribution in [2.24, 2.45) is 0 Å². The molecule has 25 heavy (non-hydrogen) atoms. The van der Waals surface area contributed by atoms with Crippen LogP contribution < -0.4 is 10.6 Å². The highest BCUT2D eigenvalue weighted by atomic mass is 16.2. The monoisotopic (exact) mass is 333 g/mol. The molecule has 0 radical (unpaired) electrons. The number of carbonyl (C=O) groups excluding carboxylic acids is 2. The summed E-state index contributed by atoms with van der Waals surface area (Å²) in [5.74, 6) is -0.355. The van der Waals surface area contributed by atoms with E-state index < -0.39 is 0 Å². The van der Waals surface area contributed by atoms with Crippen LogP contribution in [0.1, 0.15) is 23.7 Å². The van der Waals surface area contributed by atoms with Crippen LogP contribution in [0.25, 0.3) is 10.9 Å². The Morgan fingerprint density at radius 2 is 1.76 bits per heavy atom. The molecule has 2 N–H and O–H groups in total. The minimum Gasteiger partial charge on any atom is -0.349 e. The molecule has 5 heteroatoms. The molecular formula is C20H19N3O2. The SMILES string of the molecule is CC(CC(=O)Nc1cccc2cccnc12)NC(=O)c1ccccc1. The van der Waals surface area contributed by atoms with Crippen LogP contribution in [0, 0.1) is 0 Å². The lowest BCUT2D eigenvalue weighted by Gasteiger charge is -2.14. The molecule has 0 aliphatic carbocycles. The second kappa shape index (κ2) is 7.57. The zero-order valence-corrected chi connectivity index (χ0v) is 13.9. The number of nitrogens with zero attached hydrogens (tertiary/aromatic N) is 1. The Bertz CT molecular complexity index is 888. The third kappa shape index (κ3) is 4.20. The van der Waals surface area contributed by atoms with Crippen molar-refractivity contribution in [2.45, 2.75) is 19.4 Å². The van der Waals surface area contributed by atoms with Crippen molar-refractivity contribution in [1.82, 2.24) is 10.3 Å². The van der Waals surface area contributed by atoms with Crippen LogP contribution in [-0.2, 0) is 4.79 Å². The van der Waals surface area contributed by atoms with Gasteiger partial charge in [0.05, 0.1) is 11.2 Å². The second-order valence-corrected chi connectivity index (χ2v) is 5.87. The predicted octanol–water partition coefficient (Wildman–Crippen LogP) is 3.38. The average molecular weight is 333 g/mol. The molecule has 0 bridgehead atoms. The van der Waals surface area contributed by atoms with Crippen LogP contribution in [0.15, 0.2) is 66.9 Å². The fourth-order valence-corrected chi connectivity index (χ4v) is 2.63. The molecule has 1 heterocycles. The van der Waals surface area contributed by atoms with Gasteiger partial charge in [-0.1, -0.05) is 36.4 Å². The maximum Gasteiger partial charge on any atom is 0.251 e. The molecule has 0 saturated carbocycles. The Morgan fingerprint density at radius 1 is 1.00 bits per heavy atom. The van der Waals surface area contributed by atoms with Gasteiger partial charge in [-0.15, -0.1) is 0 Å². The summed E-state index contributed by atoms with van der Waals surface area (Å²) in [5.41, 5.74) is 2.00. The van der Waals surface area contributed by atoms with Gasteiger partial charge in [0, 0.05) is 29.6 Å². The van der Waals surface area contributed by atoms with Crippen molar-refractivity contribution in [1.29, 1.82) is 0 Å². The van der Waals surface area contributed by atoms with E-state index in [2.05, 4.69) is 15.6 Å². The number of benzene rings is 2. The summed E-state index contributed by atoms with van der Waals surface area (Å²) in [6.45, 7) is 1.81. The van der Waals surface area contributed by atoms with Gasteiger partial charge in [-0.2, -0.15) is 0 Å². The van der Waals surface area contributed by atoms with Gasteiger partial charge >= 0.3 is 0 Å². The lowest BCUT2D eigenvalue weighted by Crippen LogP contribution is -2.35.